The molecule has 0 radical (unpaired) electrons. The van der Waals surface area contributed by atoms with Crippen LogP contribution in [0.2, 0.25) is 0 Å². The molecule has 3 aromatic rings. The minimum absolute atomic E-state index is 0.0334. The SMILES string of the molecule is FC(F)c1noc(C2CN(Cc3cc4cnccc4[nH]3)C2)n1. The number of rotatable bonds is 4. The monoisotopic (exact) mass is 305 g/mol. The normalized spacial score (nSPS) is 16.5. The molecule has 0 spiro atoms. The summed E-state index contributed by atoms with van der Waals surface area (Å²) in [5.74, 6) is -0.199. The van der Waals surface area contributed by atoms with Crippen molar-refractivity contribution in [2.75, 3.05) is 13.1 Å². The largest absolute Gasteiger partial charge is 0.357 e. The Kier molecular flexibility index (Phi) is 3.11. The third-order valence-corrected chi connectivity index (χ3v) is 3.83. The topological polar surface area (TPSA) is 70.8 Å². The molecule has 1 aliphatic rings. The van der Waals surface area contributed by atoms with Crippen molar-refractivity contribution in [3.63, 3.8) is 0 Å². The van der Waals surface area contributed by atoms with Gasteiger partial charge in [0.05, 0.1) is 5.92 Å². The van der Waals surface area contributed by atoms with Crippen molar-refractivity contribution >= 4 is 10.9 Å². The number of aromatic amines is 1. The Hall–Kier alpha value is -2.35. The van der Waals surface area contributed by atoms with E-state index < -0.39 is 12.2 Å². The molecule has 0 aliphatic carbocycles. The lowest BCUT2D eigenvalue weighted by Gasteiger charge is -2.36. The van der Waals surface area contributed by atoms with Crippen molar-refractivity contribution in [2.45, 2.75) is 18.9 Å². The van der Waals surface area contributed by atoms with Crippen molar-refractivity contribution in [1.82, 2.24) is 25.0 Å². The Balaban J connectivity index is 1.38. The maximum atomic E-state index is 12.4. The van der Waals surface area contributed by atoms with Crippen molar-refractivity contribution in [1.29, 1.82) is 0 Å². The molecule has 1 fully saturated rings. The quantitative estimate of drug-likeness (QED) is 0.802. The van der Waals surface area contributed by atoms with Crippen LogP contribution in [0.25, 0.3) is 10.9 Å². The van der Waals surface area contributed by atoms with E-state index in [9.17, 15) is 8.78 Å². The zero-order valence-electron chi connectivity index (χ0n) is 11.5. The molecular formula is C14H13F2N5O. The Labute approximate surface area is 124 Å². The molecule has 3 aromatic heterocycles. The Morgan fingerprint density at radius 1 is 1.41 bits per heavy atom. The van der Waals surface area contributed by atoms with E-state index in [-0.39, 0.29) is 5.92 Å². The van der Waals surface area contributed by atoms with Gasteiger partial charge < -0.3 is 9.51 Å². The second kappa shape index (κ2) is 5.13. The van der Waals surface area contributed by atoms with Crippen LogP contribution in [0.5, 0.6) is 0 Å². The molecule has 1 saturated heterocycles. The van der Waals surface area contributed by atoms with E-state index in [1.54, 1.807) is 6.20 Å². The van der Waals surface area contributed by atoms with Crippen molar-refractivity contribution < 1.29 is 13.3 Å². The summed E-state index contributed by atoms with van der Waals surface area (Å²) in [7, 11) is 0. The molecule has 8 heteroatoms. The average Bonchev–Trinajstić information content (AvgIpc) is 3.08. The highest BCUT2D eigenvalue weighted by molar-refractivity contribution is 5.79. The molecule has 1 N–H and O–H groups in total. The standard InChI is InChI=1S/C14H13F2N5O/c15-12(16)13-19-14(22-20-13)9-5-21(6-9)7-10-3-8-4-17-2-1-11(8)18-10/h1-4,9,12,18H,5-7H2. The van der Waals surface area contributed by atoms with Gasteiger partial charge in [0.25, 0.3) is 0 Å². The summed E-state index contributed by atoms with van der Waals surface area (Å²) in [4.78, 5) is 13.3. The van der Waals surface area contributed by atoms with Gasteiger partial charge in [-0.25, -0.2) is 8.78 Å². The van der Waals surface area contributed by atoms with Gasteiger partial charge >= 0.3 is 6.43 Å². The molecule has 4 rings (SSSR count). The van der Waals surface area contributed by atoms with E-state index in [1.807, 2.05) is 12.3 Å². The number of fused-ring (bicyclic) bond motifs is 1. The zero-order valence-corrected chi connectivity index (χ0v) is 11.5. The predicted octanol–water partition coefficient (Wildman–Crippen LogP) is 2.48. The number of likely N-dealkylation sites (tertiary alicyclic amines) is 1. The van der Waals surface area contributed by atoms with E-state index in [0.717, 1.165) is 36.2 Å². The van der Waals surface area contributed by atoms with Crippen molar-refractivity contribution in [3.05, 3.63) is 41.9 Å². The Morgan fingerprint density at radius 2 is 2.27 bits per heavy atom. The van der Waals surface area contributed by atoms with Crippen LogP contribution < -0.4 is 0 Å². The summed E-state index contributed by atoms with van der Waals surface area (Å²) >= 11 is 0. The smallest absolute Gasteiger partial charge is 0.300 e. The van der Waals surface area contributed by atoms with Crippen LogP contribution in [-0.4, -0.2) is 38.1 Å². The first-order chi connectivity index (χ1) is 10.7. The van der Waals surface area contributed by atoms with Gasteiger partial charge in [-0.2, -0.15) is 4.98 Å². The lowest BCUT2D eigenvalue weighted by molar-refractivity contribution is 0.115. The van der Waals surface area contributed by atoms with Crippen LogP contribution in [0, 0.1) is 0 Å². The number of nitrogens with one attached hydrogen (secondary N) is 1. The number of alkyl halides is 2. The van der Waals surface area contributed by atoms with Crippen LogP contribution in [0.3, 0.4) is 0 Å². The van der Waals surface area contributed by atoms with E-state index in [1.165, 1.54) is 0 Å². The number of pyridine rings is 1. The highest BCUT2D eigenvalue weighted by Gasteiger charge is 2.33. The van der Waals surface area contributed by atoms with Gasteiger partial charge in [0.1, 0.15) is 0 Å². The fraction of sp³-hybridized carbons (Fsp3) is 0.357. The number of nitrogens with zero attached hydrogens (tertiary/aromatic N) is 4. The van der Waals surface area contributed by atoms with E-state index in [4.69, 9.17) is 4.52 Å². The predicted molar refractivity (Wildman–Crippen MR) is 73.4 cm³/mol. The van der Waals surface area contributed by atoms with Crippen LogP contribution in [0.1, 0.15) is 29.8 Å². The van der Waals surface area contributed by atoms with Crippen molar-refractivity contribution in [3.8, 4) is 0 Å². The summed E-state index contributed by atoms with van der Waals surface area (Å²) in [5.41, 5.74) is 2.15. The minimum atomic E-state index is -2.69. The molecule has 0 amide bonds. The molecule has 0 saturated carbocycles. The number of H-pyrrole nitrogens is 1. The molecule has 0 bridgehead atoms. The molecule has 0 aromatic carbocycles. The Morgan fingerprint density at radius 3 is 3.00 bits per heavy atom. The van der Waals surface area contributed by atoms with Crippen LogP contribution in [0.4, 0.5) is 8.78 Å². The lowest BCUT2D eigenvalue weighted by atomic mass is 10.00. The number of halogens is 2. The minimum Gasteiger partial charge on any atom is -0.357 e. The van der Waals surface area contributed by atoms with Gasteiger partial charge in [-0.15, -0.1) is 0 Å². The highest BCUT2D eigenvalue weighted by atomic mass is 19.3. The van der Waals surface area contributed by atoms with Crippen LogP contribution >= 0.6 is 0 Å². The zero-order chi connectivity index (χ0) is 15.1. The molecule has 6 nitrogen and oxygen atoms in total. The first-order valence-corrected chi connectivity index (χ1v) is 6.94. The van der Waals surface area contributed by atoms with Crippen LogP contribution in [-0.2, 0) is 6.54 Å². The van der Waals surface area contributed by atoms with E-state index >= 15 is 0 Å². The average molecular weight is 305 g/mol. The summed E-state index contributed by atoms with van der Waals surface area (Å²) in [6.07, 6.45) is 0.880. The van der Waals surface area contributed by atoms with Crippen molar-refractivity contribution in [2.24, 2.45) is 0 Å². The molecule has 22 heavy (non-hydrogen) atoms. The van der Waals surface area contributed by atoms with E-state index in [2.05, 4.69) is 31.1 Å². The third-order valence-electron chi connectivity index (χ3n) is 3.83. The van der Waals surface area contributed by atoms with Gasteiger partial charge in [-0.3, -0.25) is 9.88 Å². The fourth-order valence-electron chi connectivity index (χ4n) is 2.72. The molecule has 4 heterocycles. The second-order valence-electron chi connectivity index (χ2n) is 5.44. The number of hydrogen-bond acceptors (Lipinski definition) is 5. The summed E-state index contributed by atoms with van der Waals surface area (Å²) < 4.78 is 29.7. The first kappa shape index (κ1) is 13.3. The van der Waals surface area contributed by atoms with E-state index in [0.29, 0.717) is 5.89 Å². The highest BCUT2D eigenvalue weighted by Crippen LogP contribution is 2.28. The summed E-state index contributed by atoms with van der Waals surface area (Å²) in [6.45, 7) is 2.21. The Bertz CT molecular complexity index is 760. The molecule has 0 atom stereocenters. The van der Waals surface area contributed by atoms with Gasteiger partial charge in [0.15, 0.2) is 0 Å². The maximum absolute atomic E-state index is 12.4. The molecular weight excluding hydrogens is 292 g/mol. The molecule has 114 valence electrons. The second-order valence-corrected chi connectivity index (χ2v) is 5.44. The third kappa shape index (κ3) is 2.35. The molecule has 1 aliphatic heterocycles. The van der Waals surface area contributed by atoms with Gasteiger partial charge in [-0.05, 0) is 12.1 Å². The maximum Gasteiger partial charge on any atom is 0.300 e. The van der Waals surface area contributed by atoms with Gasteiger partial charge in [0, 0.05) is 48.6 Å². The number of hydrogen-bond donors (Lipinski definition) is 1. The fourth-order valence-corrected chi connectivity index (χ4v) is 2.72. The summed E-state index contributed by atoms with van der Waals surface area (Å²) in [5, 5.41) is 4.37. The lowest BCUT2D eigenvalue weighted by Crippen LogP contribution is -2.44. The van der Waals surface area contributed by atoms with Crippen LogP contribution in [0.15, 0.2) is 29.0 Å². The van der Waals surface area contributed by atoms with Gasteiger partial charge in [0.2, 0.25) is 11.7 Å². The number of aromatic nitrogens is 4. The first-order valence-electron chi connectivity index (χ1n) is 6.94. The summed E-state index contributed by atoms with van der Waals surface area (Å²) in [6, 6.07) is 4.00. The van der Waals surface area contributed by atoms with Gasteiger partial charge in [-0.1, -0.05) is 5.16 Å². The molecule has 0 unspecified atom stereocenters.